The van der Waals surface area contributed by atoms with Crippen molar-refractivity contribution >= 4 is 5.97 Å². The van der Waals surface area contributed by atoms with E-state index >= 15 is 0 Å². The summed E-state index contributed by atoms with van der Waals surface area (Å²) in [6.45, 7) is 0. The number of hydrogen-bond acceptors (Lipinski definition) is 2. The van der Waals surface area contributed by atoms with Crippen LogP contribution in [0.2, 0.25) is 0 Å². The van der Waals surface area contributed by atoms with Crippen molar-refractivity contribution in [1.29, 1.82) is 0 Å². The summed E-state index contributed by atoms with van der Waals surface area (Å²) >= 11 is 0. The van der Waals surface area contributed by atoms with E-state index in [0.717, 1.165) is 6.42 Å². The average molecular weight is 155 g/mol. The first-order valence-electron chi connectivity index (χ1n) is 4.26. The smallest absolute Gasteiger partial charge is 0.320 e. The molecule has 2 aliphatic rings. The van der Waals surface area contributed by atoms with E-state index in [4.69, 9.17) is 5.11 Å². The number of carboxylic acid groups (broad SMARTS) is 1. The zero-order valence-electron chi connectivity index (χ0n) is 6.42. The Balaban J connectivity index is 1.99. The van der Waals surface area contributed by atoms with Gasteiger partial charge in [-0.05, 0) is 25.2 Å². The van der Waals surface area contributed by atoms with Crippen molar-refractivity contribution in [1.82, 2.24) is 5.32 Å². The number of fused-ring (bicyclic) bond motifs is 1. The molecule has 1 aliphatic heterocycles. The maximum absolute atomic E-state index is 10.6. The summed E-state index contributed by atoms with van der Waals surface area (Å²) in [5.41, 5.74) is 0. The van der Waals surface area contributed by atoms with Gasteiger partial charge in [0.1, 0.15) is 6.04 Å². The normalized spacial score (nSPS) is 42.4. The van der Waals surface area contributed by atoms with Gasteiger partial charge in [0.05, 0.1) is 0 Å². The molecule has 0 aromatic heterocycles. The highest BCUT2D eigenvalue weighted by Crippen LogP contribution is 2.34. The topological polar surface area (TPSA) is 49.3 Å². The molecule has 2 unspecified atom stereocenters. The molecule has 0 amide bonds. The van der Waals surface area contributed by atoms with E-state index in [1.54, 1.807) is 0 Å². The fourth-order valence-corrected chi connectivity index (χ4v) is 2.34. The first-order valence-corrected chi connectivity index (χ1v) is 4.26. The van der Waals surface area contributed by atoms with Gasteiger partial charge in [-0.2, -0.15) is 0 Å². The maximum Gasteiger partial charge on any atom is 0.320 e. The van der Waals surface area contributed by atoms with Gasteiger partial charge in [0, 0.05) is 6.04 Å². The molecule has 2 N–H and O–H groups in total. The van der Waals surface area contributed by atoms with Crippen LogP contribution in [0.25, 0.3) is 0 Å². The lowest BCUT2D eigenvalue weighted by Crippen LogP contribution is -2.34. The Morgan fingerprint density at radius 3 is 2.91 bits per heavy atom. The fraction of sp³-hybridized carbons (Fsp3) is 0.875. The largest absolute Gasteiger partial charge is 0.480 e. The molecule has 0 aromatic rings. The molecule has 2 fully saturated rings. The highest BCUT2D eigenvalue weighted by Gasteiger charge is 2.39. The summed E-state index contributed by atoms with van der Waals surface area (Å²) in [5, 5.41) is 11.9. The number of nitrogens with one attached hydrogen (secondary N) is 1. The van der Waals surface area contributed by atoms with Crippen molar-refractivity contribution < 1.29 is 9.90 Å². The molecule has 3 atom stereocenters. The monoisotopic (exact) mass is 155 g/mol. The SMILES string of the molecule is O=C(O)[C@@H]1CC2CCCC2N1. The zero-order valence-corrected chi connectivity index (χ0v) is 6.42. The van der Waals surface area contributed by atoms with Gasteiger partial charge >= 0.3 is 5.97 Å². The number of aliphatic carboxylic acids is 1. The van der Waals surface area contributed by atoms with Gasteiger partial charge in [0.25, 0.3) is 0 Å². The third-order valence-corrected chi connectivity index (χ3v) is 2.91. The summed E-state index contributed by atoms with van der Waals surface area (Å²) in [5.74, 6) is -0.0319. The number of hydrogen-bond donors (Lipinski definition) is 2. The Kier molecular flexibility index (Phi) is 1.60. The summed E-state index contributed by atoms with van der Waals surface area (Å²) < 4.78 is 0. The first-order chi connectivity index (χ1) is 5.27. The van der Waals surface area contributed by atoms with Gasteiger partial charge < -0.3 is 10.4 Å². The van der Waals surface area contributed by atoms with E-state index in [0.29, 0.717) is 12.0 Å². The quantitative estimate of drug-likeness (QED) is 0.583. The van der Waals surface area contributed by atoms with Crippen LogP contribution >= 0.6 is 0 Å². The molecule has 1 saturated carbocycles. The van der Waals surface area contributed by atoms with E-state index in [9.17, 15) is 4.79 Å². The van der Waals surface area contributed by atoms with Gasteiger partial charge in [0.15, 0.2) is 0 Å². The number of carbonyl (C=O) groups is 1. The Bertz CT molecular complexity index is 169. The van der Waals surface area contributed by atoms with E-state index in [1.165, 1.54) is 19.3 Å². The van der Waals surface area contributed by atoms with Crippen molar-refractivity contribution in [3.63, 3.8) is 0 Å². The van der Waals surface area contributed by atoms with E-state index in [-0.39, 0.29) is 6.04 Å². The second-order valence-corrected chi connectivity index (χ2v) is 3.59. The Hall–Kier alpha value is -0.570. The van der Waals surface area contributed by atoms with Crippen LogP contribution in [0.1, 0.15) is 25.7 Å². The molecule has 1 saturated heterocycles. The summed E-state index contributed by atoms with van der Waals surface area (Å²) in [6.07, 6.45) is 4.52. The van der Waals surface area contributed by atoms with Gasteiger partial charge in [-0.25, -0.2) is 0 Å². The minimum atomic E-state index is -0.681. The lowest BCUT2D eigenvalue weighted by Gasteiger charge is -2.07. The average Bonchev–Trinajstić information content (AvgIpc) is 2.40. The van der Waals surface area contributed by atoms with Crippen molar-refractivity contribution in [3.05, 3.63) is 0 Å². The molecule has 11 heavy (non-hydrogen) atoms. The predicted octanol–water partition coefficient (Wildman–Crippen LogP) is 0.602. The highest BCUT2D eigenvalue weighted by atomic mass is 16.4. The molecule has 1 heterocycles. The first kappa shape index (κ1) is 7.10. The van der Waals surface area contributed by atoms with Crippen LogP contribution in [0.3, 0.4) is 0 Å². The van der Waals surface area contributed by atoms with Gasteiger partial charge in [-0.1, -0.05) is 6.42 Å². The molecule has 0 radical (unpaired) electrons. The van der Waals surface area contributed by atoms with Crippen molar-refractivity contribution in [2.45, 2.75) is 37.8 Å². The fourth-order valence-electron chi connectivity index (χ4n) is 2.34. The summed E-state index contributed by atoms with van der Waals surface area (Å²) in [6, 6.07) is 0.251. The molecule has 3 heteroatoms. The maximum atomic E-state index is 10.6. The third kappa shape index (κ3) is 1.13. The van der Waals surface area contributed by atoms with Crippen LogP contribution in [0.4, 0.5) is 0 Å². The summed E-state index contributed by atoms with van der Waals surface area (Å²) in [4.78, 5) is 10.6. The van der Waals surface area contributed by atoms with Crippen LogP contribution in [0, 0.1) is 5.92 Å². The van der Waals surface area contributed by atoms with Gasteiger partial charge in [-0.3, -0.25) is 4.79 Å². The lowest BCUT2D eigenvalue weighted by molar-refractivity contribution is -0.139. The van der Waals surface area contributed by atoms with Crippen molar-refractivity contribution in [3.8, 4) is 0 Å². The predicted molar refractivity (Wildman–Crippen MR) is 40.3 cm³/mol. The third-order valence-electron chi connectivity index (χ3n) is 2.91. The number of rotatable bonds is 1. The molecule has 0 spiro atoms. The second-order valence-electron chi connectivity index (χ2n) is 3.59. The van der Waals surface area contributed by atoms with E-state index < -0.39 is 5.97 Å². The Labute approximate surface area is 65.8 Å². The van der Waals surface area contributed by atoms with Crippen LogP contribution < -0.4 is 5.32 Å². The zero-order chi connectivity index (χ0) is 7.84. The Morgan fingerprint density at radius 1 is 1.45 bits per heavy atom. The Morgan fingerprint density at radius 2 is 2.27 bits per heavy atom. The van der Waals surface area contributed by atoms with Crippen molar-refractivity contribution in [2.75, 3.05) is 0 Å². The van der Waals surface area contributed by atoms with E-state index in [1.807, 2.05) is 0 Å². The van der Waals surface area contributed by atoms with E-state index in [2.05, 4.69) is 5.32 Å². The van der Waals surface area contributed by atoms with Crippen LogP contribution in [0.5, 0.6) is 0 Å². The lowest BCUT2D eigenvalue weighted by atomic mass is 10.0. The molecule has 2 rings (SSSR count). The standard InChI is InChI=1S/C8H13NO2/c10-8(11)7-4-5-2-1-3-6(5)9-7/h5-7,9H,1-4H2,(H,10,11)/t5?,6?,7-/m0/s1. The summed E-state index contributed by atoms with van der Waals surface area (Å²) in [7, 11) is 0. The number of carboxylic acids is 1. The molecule has 62 valence electrons. The second kappa shape index (κ2) is 2.48. The van der Waals surface area contributed by atoms with Crippen LogP contribution in [0.15, 0.2) is 0 Å². The molecular weight excluding hydrogens is 142 g/mol. The molecule has 1 aliphatic carbocycles. The van der Waals surface area contributed by atoms with Crippen molar-refractivity contribution in [2.24, 2.45) is 5.92 Å². The minimum Gasteiger partial charge on any atom is -0.480 e. The molecule has 3 nitrogen and oxygen atoms in total. The van der Waals surface area contributed by atoms with Gasteiger partial charge in [0.2, 0.25) is 0 Å². The molecule has 0 aromatic carbocycles. The molecule has 0 bridgehead atoms. The highest BCUT2D eigenvalue weighted by molar-refractivity contribution is 5.74. The van der Waals surface area contributed by atoms with Crippen LogP contribution in [-0.2, 0) is 4.79 Å². The minimum absolute atomic E-state index is 0.259. The van der Waals surface area contributed by atoms with Crippen LogP contribution in [-0.4, -0.2) is 23.2 Å². The molecular formula is C8H13NO2. The van der Waals surface area contributed by atoms with Gasteiger partial charge in [-0.15, -0.1) is 0 Å².